The van der Waals surface area contributed by atoms with Gasteiger partial charge in [-0.15, -0.1) is 0 Å². The van der Waals surface area contributed by atoms with Crippen molar-refractivity contribution >= 4 is 17.5 Å². The molecule has 0 aliphatic carbocycles. The Morgan fingerprint density at radius 3 is 2.87 bits per heavy atom. The van der Waals surface area contributed by atoms with Crippen LogP contribution in [0, 0.1) is 6.92 Å². The first-order valence-electron chi connectivity index (χ1n) is 7.84. The minimum Gasteiger partial charge on any atom is -0.355 e. The van der Waals surface area contributed by atoms with Crippen LogP contribution in [0.3, 0.4) is 0 Å². The van der Waals surface area contributed by atoms with Crippen LogP contribution in [0.1, 0.15) is 22.3 Å². The molecule has 0 bridgehead atoms. The summed E-state index contributed by atoms with van der Waals surface area (Å²) in [5, 5.41) is 5.78. The predicted octanol–water partition coefficient (Wildman–Crippen LogP) is 2.39. The van der Waals surface area contributed by atoms with Crippen LogP contribution in [0.25, 0.3) is 0 Å². The third-order valence-electron chi connectivity index (χ3n) is 4.14. The summed E-state index contributed by atoms with van der Waals surface area (Å²) in [5.41, 5.74) is 5.28. The molecule has 2 aromatic carbocycles. The van der Waals surface area contributed by atoms with Gasteiger partial charge >= 0.3 is 0 Å². The van der Waals surface area contributed by atoms with Crippen molar-refractivity contribution in [2.45, 2.75) is 26.2 Å². The normalized spacial score (nSPS) is 12.7. The summed E-state index contributed by atoms with van der Waals surface area (Å²) in [6.45, 7) is 2.62. The Morgan fingerprint density at radius 2 is 2.04 bits per heavy atom. The lowest BCUT2D eigenvalue weighted by molar-refractivity contribution is -0.120. The zero-order chi connectivity index (χ0) is 16.2. The third kappa shape index (κ3) is 3.77. The van der Waals surface area contributed by atoms with Crippen molar-refractivity contribution in [3.63, 3.8) is 0 Å². The summed E-state index contributed by atoms with van der Waals surface area (Å²) in [4.78, 5) is 23.4. The molecule has 1 aliphatic rings. The van der Waals surface area contributed by atoms with Gasteiger partial charge in [0.15, 0.2) is 0 Å². The quantitative estimate of drug-likeness (QED) is 0.891. The number of nitrogens with one attached hydrogen (secondary N) is 2. The summed E-state index contributed by atoms with van der Waals surface area (Å²) in [6.07, 6.45) is 1.62. The van der Waals surface area contributed by atoms with Gasteiger partial charge in [0.05, 0.1) is 12.8 Å². The number of benzene rings is 2. The Balaban J connectivity index is 1.50. The molecule has 0 saturated carbocycles. The SMILES string of the molecule is Cc1ccccc1CC(=O)NCCc1ccc2c(c1)CC(=O)N2. The fourth-order valence-electron chi connectivity index (χ4n) is 2.83. The maximum atomic E-state index is 12.0. The number of carbonyl (C=O) groups is 2. The van der Waals surface area contributed by atoms with Gasteiger partial charge in [-0.2, -0.15) is 0 Å². The van der Waals surface area contributed by atoms with Gasteiger partial charge in [-0.25, -0.2) is 0 Å². The van der Waals surface area contributed by atoms with Gasteiger partial charge in [0.1, 0.15) is 0 Å². The molecule has 2 N–H and O–H groups in total. The summed E-state index contributed by atoms with van der Waals surface area (Å²) in [6, 6.07) is 13.9. The summed E-state index contributed by atoms with van der Waals surface area (Å²) >= 11 is 0. The Kier molecular flexibility index (Phi) is 4.42. The number of amides is 2. The molecule has 4 nitrogen and oxygen atoms in total. The molecule has 0 aromatic heterocycles. The number of hydrogen-bond donors (Lipinski definition) is 2. The van der Waals surface area contributed by atoms with Crippen LogP contribution in [-0.2, 0) is 28.9 Å². The second-order valence-electron chi connectivity index (χ2n) is 5.92. The zero-order valence-electron chi connectivity index (χ0n) is 13.2. The van der Waals surface area contributed by atoms with E-state index < -0.39 is 0 Å². The van der Waals surface area contributed by atoms with Crippen molar-refractivity contribution in [1.82, 2.24) is 5.32 Å². The molecule has 0 saturated heterocycles. The van der Waals surface area contributed by atoms with Crippen molar-refractivity contribution < 1.29 is 9.59 Å². The molecule has 2 aromatic rings. The molecule has 0 fully saturated rings. The van der Waals surface area contributed by atoms with Crippen LogP contribution in [0.2, 0.25) is 0 Å². The molecule has 2 amide bonds. The van der Waals surface area contributed by atoms with E-state index in [2.05, 4.69) is 10.6 Å². The fourth-order valence-corrected chi connectivity index (χ4v) is 2.83. The van der Waals surface area contributed by atoms with Gasteiger partial charge in [0.25, 0.3) is 0 Å². The van der Waals surface area contributed by atoms with Crippen LogP contribution >= 0.6 is 0 Å². The van der Waals surface area contributed by atoms with Crippen molar-refractivity contribution in [2.24, 2.45) is 0 Å². The molecule has 4 heteroatoms. The van der Waals surface area contributed by atoms with E-state index in [1.54, 1.807) is 0 Å². The standard InChI is InChI=1S/C19H20N2O2/c1-13-4-2-3-5-15(13)11-18(22)20-9-8-14-6-7-17-16(10-14)12-19(23)21-17/h2-7,10H,8-9,11-12H2,1H3,(H,20,22)(H,21,23). The minimum absolute atomic E-state index is 0.0392. The minimum atomic E-state index is 0.0392. The number of fused-ring (bicyclic) bond motifs is 1. The average Bonchev–Trinajstić information content (AvgIpc) is 2.89. The number of anilines is 1. The van der Waals surface area contributed by atoms with E-state index >= 15 is 0 Å². The molecule has 0 atom stereocenters. The van der Waals surface area contributed by atoms with E-state index in [0.29, 0.717) is 19.4 Å². The second kappa shape index (κ2) is 6.65. The van der Waals surface area contributed by atoms with Crippen LogP contribution < -0.4 is 10.6 Å². The highest BCUT2D eigenvalue weighted by Crippen LogP contribution is 2.23. The largest absolute Gasteiger partial charge is 0.355 e. The van der Waals surface area contributed by atoms with Gasteiger partial charge in [0, 0.05) is 12.2 Å². The topological polar surface area (TPSA) is 58.2 Å². The first kappa shape index (κ1) is 15.3. The highest BCUT2D eigenvalue weighted by molar-refractivity contribution is 5.99. The second-order valence-corrected chi connectivity index (χ2v) is 5.92. The molecule has 3 rings (SSSR count). The van der Waals surface area contributed by atoms with Gasteiger partial charge in [-0.1, -0.05) is 36.4 Å². The van der Waals surface area contributed by atoms with Gasteiger partial charge < -0.3 is 10.6 Å². The number of carbonyl (C=O) groups excluding carboxylic acids is 2. The molecule has 23 heavy (non-hydrogen) atoms. The van der Waals surface area contributed by atoms with Crippen LogP contribution in [-0.4, -0.2) is 18.4 Å². The number of aryl methyl sites for hydroxylation is 1. The van der Waals surface area contributed by atoms with Gasteiger partial charge in [-0.3, -0.25) is 9.59 Å². The van der Waals surface area contributed by atoms with Crippen molar-refractivity contribution in [2.75, 3.05) is 11.9 Å². The van der Waals surface area contributed by atoms with Crippen molar-refractivity contribution in [3.8, 4) is 0 Å². The highest BCUT2D eigenvalue weighted by Gasteiger charge is 2.17. The molecule has 118 valence electrons. The Bertz CT molecular complexity index is 753. The lowest BCUT2D eigenvalue weighted by Gasteiger charge is -2.08. The third-order valence-corrected chi connectivity index (χ3v) is 4.14. The first-order chi connectivity index (χ1) is 11.1. The molecular weight excluding hydrogens is 288 g/mol. The summed E-state index contributed by atoms with van der Waals surface area (Å²) in [7, 11) is 0. The monoisotopic (exact) mass is 308 g/mol. The van der Waals surface area contributed by atoms with E-state index in [1.165, 1.54) is 0 Å². The lowest BCUT2D eigenvalue weighted by atomic mass is 10.0. The molecule has 1 heterocycles. The highest BCUT2D eigenvalue weighted by atomic mass is 16.2. The number of rotatable bonds is 5. The first-order valence-corrected chi connectivity index (χ1v) is 7.84. The van der Waals surface area contributed by atoms with Crippen LogP contribution in [0.15, 0.2) is 42.5 Å². The fraction of sp³-hybridized carbons (Fsp3) is 0.263. The summed E-state index contributed by atoms with van der Waals surface area (Å²) < 4.78 is 0. The maximum Gasteiger partial charge on any atom is 0.228 e. The molecule has 0 spiro atoms. The molecule has 0 radical (unpaired) electrons. The van der Waals surface area contributed by atoms with Crippen molar-refractivity contribution in [3.05, 3.63) is 64.7 Å². The molecular formula is C19H20N2O2. The van der Waals surface area contributed by atoms with E-state index in [-0.39, 0.29) is 11.8 Å². The van der Waals surface area contributed by atoms with Gasteiger partial charge in [-0.05, 0) is 41.7 Å². The molecule has 0 unspecified atom stereocenters. The Morgan fingerprint density at radius 1 is 1.22 bits per heavy atom. The molecule has 1 aliphatic heterocycles. The Labute approximate surface area is 135 Å². The number of hydrogen-bond acceptors (Lipinski definition) is 2. The lowest BCUT2D eigenvalue weighted by Crippen LogP contribution is -2.27. The predicted molar refractivity (Wildman–Crippen MR) is 90.4 cm³/mol. The smallest absolute Gasteiger partial charge is 0.228 e. The van der Waals surface area contributed by atoms with Crippen molar-refractivity contribution in [1.29, 1.82) is 0 Å². The summed E-state index contributed by atoms with van der Waals surface area (Å²) in [5.74, 6) is 0.0842. The van der Waals surface area contributed by atoms with E-state index in [4.69, 9.17) is 0 Å². The van der Waals surface area contributed by atoms with Crippen LogP contribution in [0.5, 0.6) is 0 Å². The Hall–Kier alpha value is -2.62. The van der Waals surface area contributed by atoms with Crippen LogP contribution in [0.4, 0.5) is 5.69 Å². The zero-order valence-corrected chi connectivity index (χ0v) is 13.2. The maximum absolute atomic E-state index is 12.0. The average molecular weight is 308 g/mol. The van der Waals surface area contributed by atoms with E-state index in [1.807, 2.05) is 49.4 Å². The van der Waals surface area contributed by atoms with E-state index in [0.717, 1.165) is 34.4 Å². The van der Waals surface area contributed by atoms with Gasteiger partial charge in [0.2, 0.25) is 11.8 Å². The van der Waals surface area contributed by atoms with E-state index in [9.17, 15) is 9.59 Å².